The summed E-state index contributed by atoms with van der Waals surface area (Å²) < 4.78 is 21.6. The Balaban J connectivity index is 1.82. The smallest absolute Gasteiger partial charge is 0.231 e. The van der Waals surface area contributed by atoms with Crippen molar-refractivity contribution in [3.8, 4) is 29.1 Å². The molecule has 0 saturated carbocycles. The van der Waals surface area contributed by atoms with E-state index in [1.54, 1.807) is 30.3 Å². The van der Waals surface area contributed by atoms with Gasteiger partial charge in [-0.05, 0) is 18.2 Å². The SMILES string of the molecule is COc1ccc([C@]2(O)CSC3=C(C#N)[C@@H](c4cccc(OC)c4OC)CC(=O)N32)cc1OC. The highest BCUT2D eigenvalue weighted by Gasteiger charge is 2.52. The van der Waals surface area contributed by atoms with Crippen LogP contribution in [0.5, 0.6) is 23.0 Å². The van der Waals surface area contributed by atoms with Crippen molar-refractivity contribution in [1.29, 1.82) is 5.26 Å². The standard InChI is InChI=1S/C24H24N2O6S/c1-29-18-9-8-14(10-20(18)31-3)24(28)13-33-23-17(12-25)16(11-21(27)26(23)24)15-6-5-7-19(30-2)22(15)32-4/h5-10,16,28H,11,13H2,1-4H3/t16-,24-/m1/s1. The lowest BCUT2D eigenvalue weighted by Gasteiger charge is -2.38. The lowest BCUT2D eigenvalue weighted by Crippen LogP contribution is -2.48. The summed E-state index contributed by atoms with van der Waals surface area (Å²) in [5.41, 5.74) is -0.0494. The quantitative estimate of drug-likeness (QED) is 0.689. The first-order valence-corrected chi connectivity index (χ1v) is 11.2. The Labute approximate surface area is 196 Å². The Morgan fingerprint density at radius 2 is 1.79 bits per heavy atom. The predicted octanol–water partition coefficient (Wildman–Crippen LogP) is 3.36. The second kappa shape index (κ2) is 8.89. The molecule has 1 N–H and O–H groups in total. The summed E-state index contributed by atoms with van der Waals surface area (Å²) in [6, 6.07) is 12.7. The van der Waals surface area contributed by atoms with Gasteiger partial charge in [0.15, 0.2) is 28.7 Å². The molecule has 0 bridgehead atoms. The van der Waals surface area contributed by atoms with E-state index >= 15 is 0 Å². The number of allylic oxidation sites excluding steroid dienone is 1. The number of hydrogen-bond donors (Lipinski definition) is 1. The summed E-state index contributed by atoms with van der Waals surface area (Å²) in [6.07, 6.45) is 0.00603. The Morgan fingerprint density at radius 3 is 2.42 bits per heavy atom. The zero-order chi connectivity index (χ0) is 23.8. The Hall–Kier alpha value is -3.35. The molecular formula is C24H24N2O6S. The van der Waals surface area contributed by atoms with Gasteiger partial charge in [0.25, 0.3) is 0 Å². The molecule has 0 aromatic heterocycles. The van der Waals surface area contributed by atoms with Crippen LogP contribution in [0, 0.1) is 11.3 Å². The van der Waals surface area contributed by atoms with Gasteiger partial charge >= 0.3 is 0 Å². The average molecular weight is 469 g/mol. The first-order chi connectivity index (χ1) is 15.9. The summed E-state index contributed by atoms with van der Waals surface area (Å²) in [5, 5.41) is 22.2. The van der Waals surface area contributed by atoms with E-state index < -0.39 is 11.6 Å². The Kier molecular flexibility index (Phi) is 6.15. The Morgan fingerprint density at radius 1 is 1.06 bits per heavy atom. The number of aliphatic hydroxyl groups is 1. The van der Waals surface area contributed by atoms with Crippen LogP contribution in [0.2, 0.25) is 0 Å². The zero-order valence-electron chi connectivity index (χ0n) is 18.7. The number of para-hydroxylation sites is 1. The largest absolute Gasteiger partial charge is 0.493 e. The highest BCUT2D eigenvalue weighted by atomic mass is 32.2. The molecule has 33 heavy (non-hydrogen) atoms. The molecule has 4 rings (SSSR count). The van der Waals surface area contributed by atoms with E-state index in [0.717, 1.165) is 0 Å². The minimum atomic E-state index is -1.62. The topological polar surface area (TPSA) is 101 Å². The Bertz CT molecular complexity index is 1170. The molecule has 9 heteroatoms. The van der Waals surface area contributed by atoms with E-state index in [-0.39, 0.29) is 18.1 Å². The van der Waals surface area contributed by atoms with Gasteiger partial charge in [0, 0.05) is 23.5 Å². The van der Waals surface area contributed by atoms with Crippen molar-refractivity contribution in [2.75, 3.05) is 34.2 Å². The summed E-state index contributed by atoms with van der Waals surface area (Å²) in [4.78, 5) is 14.8. The third-order valence-electron chi connectivity index (χ3n) is 5.97. The maximum atomic E-state index is 13.4. The molecule has 2 aliphatic heterocycles. The lowest BCUT2D eigenvalue weighted by atomic mass is 9.84. The number of fused-ring (bicyclic) bond motifs is 1. The van der Waals surface area contributed by atoms with E-state index in [0.29, 0.717) is 44.7 Å². The molecule has 1 fully saturated rings. The molecule has 2 aromatic carbocycles. The number of thioether (sulfide) groups is 1. The third-order valence-corrected chi connectivity index (χ3v) is 7.19. The van der Waals surface area contributed by atoms with Crippen LogP contribution in [0.15, 0.2) is 47.0 Å². The average Bonchev–Trinajstić information content (AvgIpc) is 3.21. The third kappa shape index (κ3) is 3.56. The summed E-state index contributed by atoms with van der Waals surface area (Å²) in [6.45, 7) is 0. The maximum absolute atomic E-state index is 13.4. The van der Waals surface area contributed by atoms with Crippen molar-refractivity contribution in [1.82, 2.24) is 4.90 Å². The summed E-state index contributed by atoms with van der Waals surface area (Å²) >= 11 is 1.28. The molecule has 0 radical (unpaired) electrons. The van der Waals surface area contributed by atoms with Gasteiger partial charge in [0.05, 0.1) is 50.9 Å². The van der Waals surface area contributed by atoms with E-state index in [2.05, 4.69) is 6.07 Å². The number of ether oxygens (including phenoxy) is 4. The van der Waals surface area contributed by atoms with Crippen LogP contribution in [-0.2, 0) is 10.5 Å². The molecule has 0 aliphatic carbocycles. The number of rotatable bonds is 6. The van der Waals surface area contributed by atoms with Gasteiger partial charge in [-0.25, -0.2) is 0 Å². The number of benzene rings is 2. The van der Waals surface area contributed by atoms with E-state index in [4.69, 9.17) is 18.9 Å². The highest BCUT2D eigenvalue weighted by Crippen LogP contribution is 2.53. The number of nitrogens with zero attached hydrogens (tertiary/aromatic N) is 2. The predicted molar refractivity (Wildman–Crippen MR) is 122 cm³/mol. The van der Waals surface area contributed by atoms with Crippen LogP contribution >= 0.6 is 11.8 Å². The normalized spacial score (nSPS) is 22.0. The summed E-state index contributed by atoms with van der Waals surface area (Å²) in [5.74, 6) is 1.33. The fraction of sp³-hybridized carbons (Fsp3) is 0.333. The van der Waals surface area contributed by atoms with Gasteiger partial charge in [-0.2, -0.15) is 5.26 Å². The molecule has 2 aromatic rings. The second-order valence-corrected chi connectivity index (χ2v) is 8.54. The van der Waals surface area contributed by atoms with Crippen LogP contribution < -0.4 is 18.9 Å². The second-order valence-electron chi connectivity index (χ2n) is 7.57. The molecule has 2 heterocycles. The first kappa shape index (κ1) is 22.8. The molecule has 0 unspecified atom stereocenters. The van der Waals surface area contributed by atoms with Gasteiger partial charge in [-0.3, -0.25) is 9.69 Å². The number of amides is 1. The van der Waals surface area contributed by atoms with Gasteiger partial charge in [-0.1, -0.05) is 18.2 Å². The molecular weight excluding hydrogens is 444 g/mol. The van der Waals surface area contributed by atoms with Crippen LogP contribution in [0.1, 0.15) is 23.5 Å². The zero-order valence-corrected chi connectivity index (χ0v) is 19.6. The molecule has 172 valence electrons. The van der Waals surface area contributed by atoms with Crippen molar-refractivity contribution < 1.29 is 28.8 Å². The fourth-order valence-electron chi connectivity index (χ4n) is 4.38. The van der Waals surface area contributed by atoms with E-state index in [9.17, 15) is 15.2 Å². The van der Waals surface area contributed by atoms with Crippen molar-refractivity contribution in [2.45, 2.75) is 18.1 Å². The number of carbonyl (C=O) groups excluding carboxylic acids is 1. The van der Waals surface area contributed by atoms with E-state index in [1.807, 2.05) is 6.07 Å². The number of hydrogen-bond acceptors (Lipinski definition) is 8. The molecule has 1 saturated heterocycles. The van der Waals surface area contributed by atoms with Crippen molar-refractivity contribution in [3.63, 3.8) is 0 Å². The van der Waals surface area contributed by atoms with Crippen LogP contribution in [-0.4, -0.2) is 50.1 Å². The minimum absolute atomic E-state index is 0.00603. The number of nitriles is 1. The molecule has 2 aliphatic rings. The minimum Gasteiger partial charge on any atom is -0.493 e. The monoisotopic (exact) mass is 468 g/mol. The van der Waals surface area contributed by atoms with Crippen molar-refractivity contribution >= 4 is 17.7 Å². The molecule has 0 spiro atoms. The van der Waals surface area contributed by atoms with Crippen molar-refractivity contribution in [3.05, 3.63) is 58.1 Å². The van der Waals surface area contributed by atoms with E-state index in [1.165, 1.54) is 45.1 Å². The lowest BCUT2D eigenvalue weighted by molar-refractivity contribution is -0.149. The van der Waals surface area contributed by atoms with Gasteiger partial charge < -0.3 is 24.1 Å². The van der Waals surface area contributed by atoms with Crippen LogP contribution in [0.3, 0.4) is 0 Å². The van der Waals surface area contributed by atoms with Crippen LogP contribution in [0.4, 0.5) is 0 Å². The van der Waals surface area contributed by atoms with Gasteiger partial charge in [0.1, 0.15) is 0 Å². The fourth-order valence-corrected chi connectivity index (χ4v) is 5.74. The molecule has 2 atom stereocenters. The first-order valence-electron chi connectivity index (χ1n) is 10.2. The highest BCUT2D eigenvalue weighted by molar-refractivity contribution is 8.03. The number of methoxy groups -OCH3 is 4. The van der Waals surface area contributed by atoms with Gasteiger partial charge in [-0.15, -0.1) is 11.8 Å². The van der Waals surface area contributed by atoms with Crippen molar-refractivity contribution in [2.24, 2.45) is 0 Å². The molecule has 1 amide bonds. The number of carbonyl (C=O) groups is 1. The maximum Gasteiger partial charge on any atom is 0.231 e. The summed E-state index contributed by atoms with van der Waals surface area (Å²) in [7, 11) is 6.10. The molecule has 8 nitrogen and oxygen atoms in total. The van der Waals surface area contributed by atoms with Crippen LogP contribution in [0.25, 0.3) is 0 Å². The van der Waals surface area contributed by atoms with Gasteiger partial charge in [0.2, 0.25) is 5.91 Å².